The first-order valence-electron chi connectivity index (χ1n) is 9.46. The molecule has 0 unspecified atom stereocenters. The molecule has 1 heterocycles. The van der Waals surface area contributed by atoms with Gasteiger partial charge < -0.3 is 14.8 Å². The lowest BCUT2D eigenvalue weighted by atomic mass is 10.0. The van der Waals surface area contributed by atoms with Gasteiger partial charge in [0.05, 0.1) is 25.5 Å². The number of hydrogen-bond acceptors (Lipinski definition) is 5. The molecule has 0 atom stereocenters. The van der Waals surface area contributed by atoms with Gasteiger partial charge in [0.1, 0.15) is 17.2 Å². The summed E-state index contributed by atoms with van der Waals surface area (Å²) in [7, 11) is 3.13. The average Bonchev–Trinajstić information content (AvgIpc) is 3.03. The molecule has 3 aromatic carbocycles. The van der Waals surface area contributed by atoms with Crippen LogP contribution >= 0.6 is 11.6 Å². The van der Waals surface area contributed by atoms with Gasteiger partial charge in [-0.25, -0.2) is 4.90 Å². The zero-order valence-corrected chi connectivity index (χ0v) is 17.6. The van der Waals surface area contributed by atoms with Gasteiger partial charge in [0.2, 0.25) is 0 Å². The number of carbonyl (C=O) groups is 2. The van der Waals surface area contributed by atoms with E-state index in [1.165, 1.54) is 0 Å². The van der Waals surface area contributed by atoms with Gasteiger partial charge >= 0.3 is 0 Å². The van der Waals surface area contributed by atoms with E-state index in [0.29, 0.717) is 33.5 Å². The smallest absolute Gasteiger partial charge is 0.282 e. The quantitative estimate of drug-likeness (QED) is 0.567. The summed E-state index contributed by atoms with van der Waals surface area (Å²) in [5, 5.41) is 3.54. The van der Waals surface area contributed by atoms with E-state index in [1.807, 2.05) is 0 Å². The van der Waals surface area contributed by atoms with Crippen LogP contribution in [0.4, 0.5) is 11.4 Å². The molecule has 31 heavy (non-hydrogen) atoms. The number of methoxy groups -OCH3 is 2. The molecule has 0 radical (unpaired) electrons. The van der Waals surface area contributed by atoms with Crippen molar-refractivity contribution in [2.45, 2.75) is 0 Å². The second-order valence-electron chi connectivity index (χ2n) is 6.76. The van der Waals surface area contributed by atoms with E-state index in [4.69, 9.17) is 21.1 Å². The summed E-state index contributed by atoms with van der Waals surface area (Å²) in [6.45, 7) is 0. The third kappa shape index (κ3) is 3.98. The van der Waals surface area contributed by atoms with Crippen LogP contribution in [0.2, 0.25) is 5.02 Å². The van der Waals surface area contributed by atoms with Crippen LogP contribution in [0.3, 0.4) is 0 Å². The van der Waals surface area contributed by atoms with Crippen molar-refractivity contribution in [1.82, 2.24) is 0 Å². The standard InChI is InChI=1S/C24H19ClN2O4/c1-30-19-11-9-15(10-12-19)21-22(26-17-6-4-8-20(14-17)31-2)24(29)27(23(21)28)18-7-3-5-16(25)13-18/h3-14,26H,1-2H3. The lowest BCUT2D eigenvalue weighted by molar-refractivity contribution is -0.120. The molecule has 156 valence electrons. The van der Waals surface area contributed by atoms with Crippen molar-refractivity contribution in [3.8, 4) is 11.5 Å². The predicted molar refractivity (Wildman–Crippen MR) is 120 cm³/mol. The topological polar surface area (TPSA) is 67.9 Å². The summed E-state index contributed by atoms with van der Waals surface area (Å²) >= 11 is 6.10. The highest BCUT2D eigenvalue weighted by atomic mass is 35.5. The molecule has 2 amide bonds. The summed E-state index contributed by atoms with van der Waals surface area (Å²) in [5.41, 5.74) is 2.04. The van der Waals surface area contributed by atoms with Gasteiger partial charge in [-0.1, -0.05) is 35.9 Å². The lowest BCUT2D eigenvalue weighted by Gasteiger charge is -2.15. The Balaban J connectivity index is 1.81. The molecule has 1 aliphatic heterocycles. The molecule has 3 aromatic rings. The van der Waals surface area contributed by atoms with Crippen LogP contribution in [0.25, 0.3) is 5.57 Å². The van der Waals surface area contributed by atoms with Gasteiger partial charge in [-0.05, 0) is 48.0 Å². The first-order valence-corrected chi connectivity index (χ1v) is 9.83. The first-order chi connectivity index (χ1) is 15.0. The number of benzene rings is 3. The lowest BCUT2D eigenvalue weighted by Crippen LogP contribution is -2.32. The zero-order chi connectivity index (χ0) is 22.0. The molecule has 4 rings (SSSR count). The number of ether oxygens (including phenoxy) is 2. The number of nitrogens with one attached hydrogen (secondary N) is 1. The SMILES string of the molecule is COc1ccc(C2=C(Nc3cccc(OC)c3)C(=O)N(c3cccc(Cl)c3)C2=O)cc1. The maximum Gasteiger partial charge on any atom is 0.282 e. The van der Waals surface area contributed by atoms with Crippen LogP contribution in [0, 0.1) is 0 Å². The molecule has 7 heteroatoms. The number of nitrogens with zero attached hydrogens (tertiary/aromatic N) is 1. The van der Waals surface area contributed by atoms with Crippen molar-refractivity contribution in [1.29, 1.82) is 0 Å². The van der Waals surface area contributed by atoms with Gasteiger partial charge in [0, 0.05) is 16.8 Å². The second-order valence-corrected chi connectivity index (χ2v) is 7.20. The Bertz CT molecular complexity index is 1190. The molecule has 0 aromatic heterocycles. The summed E-state index contributed by atoms with van der Waals surface area (Å²) < 4.78 is 10.5. The van der Waals surface area contributed by atoms with E-state index in [9.17, 15) is 9.59 Å². The molecule has 1 N–H and O–H groups in total. The minimum atomic E-state index is -0.471. The second kappa shape index (κ2) is 8.53. The normalized spacial score (nSPS) is 13.6. The van der Waals surface area contributed by atoms with E-state index in [-0.39, 0.29) is 11.3 Å². The number of anilines is 2. The first kappa shape index (κ1) is 20.5. The summed E-state index contributed by atoms with van der Waals surface area (Å²) in [6.07, 6.45) is 0. The molecule has 0 fully saturated rings. The van der Waals surface area contributed by atoms with Crippen molar-refractivity contribution >= 4 is 40.4 Å². The van der Waals surface area contributed by atoms with E-state index in [1.54, 1.807) is 87.0 Å². The Hall–Kier alpha value is -3.77. The van der Waals surface area contributed by atoms with Gasteiger partial charge in [-0.3, -0.25) is 9.59 Å². The molecular formula is C24H19ClN2O4. The fourth-order valence-electron chi connectivity index (χ4n) is 3.37. The van der Waals surface area contributed by atoms with Crippen molar-refractivity contribution in [3.63, 3.8) is 0 Å². The fraction of sp³-hybridized carbons (Fsp3) is 0.0833. The van der Waals surface area contributed by atoms with Crippen LogP contribution < -0.4 is 19.7 Å². The minimum Gasteiger partial charge on any atom is -0.497 e. The third-order valence-electron chi connectivity index (χ3n) is 4.87. The van der Waals surface area contributed by atoms with E-state index in [2.05, 4.69) is 5.32 Å². The Labute approximate surface area is 184 Å². The highest BCUT2D eigenvalue weighted by Crippen LogP contribution is 2.35. The summed E-state index contributed by atoms with van der Waals surface area (Å²) in [5.74, 6) is 0.360. The van der Waals surface area contributed by atoms with Crippen LogP contribution in [-0.4, -0.2) is 26.0 Å². The number of imide groups is 1. The molecule has 0 saturated carbocycles. The maximum absolute atomic E-state index is 13.4. The van der Waals surface area contributed by atoms with Crippen LogP contribution in [-0.2, 0) is 9.59 Å². The fourth-order valence-corrected chi connectivity index (χ4v) is 3.55. The van der Waals surface area contributed by atoms with Gasteiger partial charge in [-0.2, -0.15) is 0 Å². The van der Waals surface area contributed by atoms with Crippen molar-refractivity contribution < 1.29 is 19.1 Å². The summed E-state index contributed by atoms with van der Waals surface area (Å²) in [6, 6.07) is 20.7. The number of hydrogen-bond donors (Lipinski definition) is 1. The molecule has 0 bridgehead atoms. The Morgan fingerprint density at radius 2 is 1.52 bits per heavy atom. The molecular weight excluding hydrogens is 416 g/mol. The Kier molecular flexibility index (Phi) is 5.64. The number of carbonyl (C=O) groups excluding carboxylic acids is 2. The van der Waals surface area contributed by atoms with Gasteiger partial charge in [-0.15, -0.1) is 0 Å². The van der Waals surface area contributed by atoms with Crippen LogP contribution in [0.15, 0.2) is 78.5 Å². The molecule has 1 aliphatic rings. The summed E-state index contributed by atoms with van der Waals surface area (Å²) in [4.78, 5) is 27.9. The van der Waals surface area contributed by atoms with Crippen molar-refractivity contribution in [2.75, 3.05) is 24.4 Å². The monoisotopic (exact) mass is 434 g/mol. The Morgan fingerprint density at radius 3 is 2.19 bits per heavy atom. The number of halogens is 1. The highest BCUT2D eigenvalue weighted by molar-refractivity contribution is 6.46. The van der Waals surface area contributed by atoms with Gasteiger partial charge in [0.15, 0.2) is 0 Å². The van der Waals surface area contributed by atoms with Crippen LogP contribution in [0.5, 0.6) is 11.5 Å². The number of amides is 2. The average molecular weight is 435 g/mol. The molecule has 0 aliphatic carbocycles. The van der Waals surface area contributed by atoms with E-state index >= 15 is 0 Å². The van der Waals surface area contributed by atoms with Crippen molar-refractivity contribution in [2.24, 2.45) is 0 Å². The van der Waals surface area contributed by atoms with E-state index < -0.39 is 11.8 Å². The van der Waals surface area contributed by atoms with Crippen LogP contribution in [0.1, 0.15) is 5.56 Å². The highest BCUT2D eigenvalue weighted by Gasteiger charge is 2.40. The number of rotatable bonds is 6. The predicted octanol–water partition coefficient (Wildman–Crippen LogP) is 4.75. The van der Waals surface area contributed by atoms with Crippen molar-refractivity contribution in [3.05, 3.63) is 89.1 Å². The Morgan fingerprint density at radius 1 is 0.806 bits per heavy atom. The molecule has 0 spiro atoms. The third-order valence-corrected chi connectivity index (χ3v) is 5.10. The van der Waals surface area contributed by atoms with E-state index in [0.717, 1.165) is 4.90 Å². The van der Waals surface area contributed by atoms with Gasteiger partial charge in [0.25, 0.3) is 11.8 Å². The minimum absolute atomic E-state index is 0.170. The largest absolute Gasteiger partial charge is 0.497 e. The zero-order valence-electron chi connectivity index (χ0n) is 16.9. The maximum atomic E-state index is 13.4. The molecule has 6 nitrogen and oxygen atoms in total. The molecule has 0 saturated heterocycles.